The highest BCUT2D eigenvalue weighted by atomic mass is 16.2. The molecule has 1 fully saturated rings. The fourth-order valence-corrected chi connectivity index (χ4v) is 3.45. The smallest absolute Gasteiger partial charge is 0.255 e. The summed E-state index contributed by atoms with van der Waals surface area (Å²) in [7, 11) is 1.93. The maximum atomic E-state index is 12.5. The van der Waals surface area contributed by atoms with E-state index in [0.29, 0.717) is 11.5 Å². The Balaban J connectivity index is 1.51. The van der Waals surface area contributed by atoms with Crippen LogP contribution in [-0.2, 0) is 7.05 Å². The summed E-state index contributed by atoms with van der Waals surface area (Å²) in [5.74, 6) is 0.435. The Morgan fingerprint density at radius 2 is 1.96 bits per heavy atom. The van der Waals surface area contributed by atoms with Gasteiger partial charge in [-0.25, -0.2) is 4.98 Å². The molecule has 24 heavy (non-hydrogen) atoms. The van der Waals surface area contributed by atoms with Crippen molar-refractivity contribution in [3.63, 3.8) is 0 Å². The highest BCUT2D eigenvalue weighted by Crippen LogP contribution is 2.31. The summed E-state index contributed by atoms with van der Waals surface area (Å²) >= 11 is 0. The molecule has 1 amide bonds. The van der Waals surface area contributed by atoms with Crippen molar-refractivity contribution in [2.24, 2.45) is 7.05 Å². The van der Waals surface area contributed by atoms with Gasteiger partial charge in [-0.1, -0.05) is 0 Å². The van der Waals surface area contributed by atoms with Gasteiger partial charge in [0, 0.05) is 50.0 Å². The van der Waals surface area contributed by atoms with Gasteiger partial charge < -0.3 is 4.90 Å². The standard InChI is InChI=1S/C18H19N5O/c1-22-17-15(5-3-9-20-17)16(21-22)13-6-10-23(11-7-13)18(24)14-4-2-8-19-12-14/h2-5,8-9,12-13H,6-7,10-11H2,1H3. The van der Waals surface area contributed by atoms with Crippen molar-refractivity contribution in [2.45, 2.75) is 18.8 Å². The molecule has 1 saturated heterocycles. The van der Waals surface area contributed by atoms with Crippen molar-refractivity contribution in [1.29, 1.82) is 0 Å². The lowest BCUT2D eigenvalue weighted by atomic mass is 9.92. The largest absolute Gasteiger partial charge is 0.339 e. The predicted molar refractivity (Wildman–Crippen MR) is 90.6 cm³/mol. The number of piperidine rings is 1. The molecule has 0 aliphatic carbocycles. The average Bonchev–Trinajstić information content (AvgIpc) is 2.99. The second kappa shape index (κ2) is 6.03. The van der Waals surface area contributed by atoms with Crippen LogP contribution >= 0.6 is 0 Å². The van der Waals surface area contributed by atoms with E-state index in [-0.39, 0.29) is 5.91 Å². The number of carbonyl (C=O) groups is 1. The van der Waals surface area contributed by atoms with Crippen molar-refractivity contribution in [1.82, 2.24) is 24.6 Å². The molecule has 0 saturated carbocycles. The van der Waals surface area contributed by atoms with E-state index in [1.807, 2.05) is 28.8 Å². The highest BCUT2D eigenvalue weighted by molar-refractivity contribution is 5.94. The zero-order valence-corrected chi connectivity index (χ0v) is 13.6. The van der Waals surface area contributed by atoms with E-state index in [9.17, 15) is 4.79 Å². The minimum atomic E-state index is 0.0640. The van der Waals surface area contributed by atoms with Crippen LogP contribution in [0, 0.1) is 0 Å². The van der Waals surface area contributed by atoms with Gasteiger partial charge in [0.1, 0.15) is 0 Å². The van der Waals surface area contributed by atoms with Crippen molar-refractivity contribution in [3.8, 4) is 0 Å². The van der Waals surface area contributed by atoms with Crippen LogP contribution in [0.15, 0.2) is 42.9 Å². The molecule has 4 rings (SSSR count). The second-order valence-electron chi connectivity index (χ2n) is 6.19. The first-order valence-electron chi connectivity index (χ1n) is 8.21. The molecule has 0 bridgehead atoms. The number of pyridine rings is 2. The Kier molecular flexibility index (Phi) is 3.72. The van der Waals surface area contributed by atoms with E-state index in [0.717, 1.165) is 42.7 Å². The number of hydrogen-bond donors (Lipinski definition) is 0. The zero-order chi connectivity index (χ0) is 16.5. The number of aromatic nitrogens is 4. The van der Waals surface area contributed by atoms with Gasteiger partial charge in [-0.2, -0.15) is 5.10 Å². The van der Waals surface area contributed by atoms with E-state index in [2.05, 4.69) is 21.1 Å². The molecule has 0 atom stereocenters. The van der Waals surface area contributed by atoms with Crippen LogP contribution in [0.25, 0.3) is 11.0 Å². The second-order valence-corrected chi connectivity index (χ2v) is 6.19. The lowest BCUT2D eigenvalue weighted by molar-refractivity contribution is 0.0712. The molecule has 1 aliphatic rings. The minimum Gasteiger partial charge on any atom is -0.339 e. The summed E-state index contributed by atoms with van der Waals surface area (Å²) in [5.41, 5.74) is 2.68. The number of likely N-dealkylation sites (tertiary alicyclic amines) is 1. The number of carbonyl (C=O) groups excluding carboxylic acids is 1. The molecular weight excluding hydrogens is 302 g/mol. The third-order valence-electron chi connectivity index (χ3n) is 4.70. The van der Waals surface area contributed by atoms with Gasteiger partial charge in [0.05, 0.1) is 11.3 Å². The van der Waals surface area contributed by atoms with E-state index < -0.39 is 0 Å². The molecule has 0 radical (unpaired) electrons. The fraction of sp³-hybridized carbons (Fsp3) is 0.333. The van der Waals surface area contributed by atoms with Crippen LogP contribution in [0.2, 0.25) is 0 Å². The van der Waals surface area contributed by atoms with Gasteiger partial charge >= 0.3 is 0 Å². The maximum Gasteiger partial charge on any atom is 0.255 e. The Morgan fingerprint density at radius 3 is 2.71 bits per heavy atom. The quantitative estimate of drug-likeness (QED) is 0.727. The molecule has 6 heteroatoms. The van der Waals surface area contributed by atoms with Crippen molar-refractivity contribution in [3.05, 3.63) is 54.1 Å². The average molecular weight is 321 g/mol. The summed E-state index contributed by atoms with van der Waals surface area (Å²) in [6.45, 7) is 1.49. The number of fused-ring (bicyclic) bond motifs is 1. The molecule has 6 nitrogen and oxygen atoms in total. The minimum absolute atomic E-state index is 0.0640. The number of hydrogen-bond acceptors (Lipinski definition) is 4. The monoisotopic (exact) mass is 321 g/mol. The Morgan fingerprint density at radius 1 is 1.17 bits per heavy atom. The summed E-state index contributed by atoms with van der Waals surface area (Å²) in [5, 5.41) is 5.80. The third kappa shape index (κ3) is 2.54. The van der Waals surface area contributed by atoms with Gasteiger partial charge in [0.2, 0.25) is 0 Å². The molecule has 0 unspecified atom stereocenters. The Bertz CT molecular complexity index is 866. The van der Waals surface area contributed by atoms with Gasteiger partial charge in [0.25, 0.3) is 5.91 Å². The molecule has 3 aromatic rings. The molecule has 0 spiro atoms. The molecule has 122 valence electrons. The van der Waals surface area contributed by atoms with E-state index in [1.165, 1.54) is 0 Å². The van der Waals surface area contributed by atoms with Gasteiger partial charge in [0.15, 0.2) is 5.65 Å². The lowest BCUT2D eigenvalue weighted by Gasteiger charge is -2.31. The summed E-state index contributed by atoms with van der Waals surface area (Å²) in [6, 6.07) is 7.65. The van der Waals surface area contributed by atoms with Gasteiger partial charge in [-0.3, -0.25) is 14.5 Å². The number of amides is 1. The van der Waals surface area contributed by atoms with E-state index >= 15 is 0 Å². The summed E-state index contributed by atoms with van der Waals surface area (Å²) < 4.78 is 1.85. The molecule has 0 N–H and O–H groups in total. The first-order valence-corrected chi connectivity index (χ1v) is 8.21. The van der Waals surface area contributed by atoms with Crippen LogP contribution in [-0.4, -0.2) is 43.6 Å². The normalized spacial score (nSPS) is 15.8. The van der Waals surface area contributed by atoms with E-state index in [1.54, 1.807) is 24.7 Å². The zero-order valence-electron chi connectivity index (χ0n) is 13.6. The summed E-state index contributed by atoms with van der Waals surface area (Å²) in [6.07, 6.45) is 6.96. The number of rotatable bonds is 2. The van der Waals surface area contributed by atoms with Crippen LogP contribution in [0.5, 0.6) is 0 Å². The van der Waals surface area contributed by atoms with Crippen molar-refractivity contribution < 1.29 is 4.79 Å². The summed E-state index contributed by atoms with van der Waals surface area (Å²) in [4.78, 5) is 22.9. The van der Waals surface area contributed by atoms with Crippen molar-refractivity contribution in [2.75, 3.05) is 13.1 Å². The van der Waals surface area contributed by atoms with Crippen LogP contribution in [0.4, 0.5) is 0 Å². The topological polar surface area (TPSA) is 63.9 Å². The van der Waals surface area contributed by atoms with Gasteiger partial charge in [-0.15, -0.1) is 0 Å². The van der Waals surface area contributed by atoms with Crippen molar-refractivity contribution >= 4 is 16.9 Å². The highest BCUT2D eigenvalue weighted by Gasteiger charge is 2.27. The first-order chi connectivity index (χ1) is 11.7. The first kappa shape index (κ1) is 14.8. The number of nitrogens with zero attached hydrogens (tertiary/aromatic N) is 5. The Hall–Kier alpha value is -2.76. The third-order valence-corrected chi connectivity index (χ3v) is 4.70. The molecular formula is C18H19N5O. The van der Waals surface area contributed by atoms with Crippen LogP contribution in [0.1, 0.15) is 34.8 Å². The van der Waals surface area contributed by atoms with Crippen LogP contribution < -0.4 is 0 Å². The SMILES string of the molecule is Cn1nc(C2CCN(C(=O)c3cccnc3)CC2)c2cccnc21. The number of aryl methyl sites for hydroxylation is 1. The molecule has 0 aromatic carbocycles. The molecule has 4 heterocycles. The maximum absolute atomic E-state index is 12.5. The fourth-order valence-electron chi connectivity index (χ4n) is 3.45. The predicted octanol–water partition coefficient (Wildman–Crippen LogP) is 2.38. The lowest BCUT2D eigenvalue weighted by Crippen LogP contribution is -2.38. The Labute approximate surface area is 140 Å². The van der Waals surface area contributed by atoms with Crippen LogP contribution in [0.3, 0.4) is 0 Å². The molecule has 1 aliphatic heterocycles. The van der Waals surface area contributed by atoms with E-state index in [4.69, 9.17) is 0 Å². The van der Waals surface area contributed by atoms with Gasteiger partial charge in [-0.05, 0) is 37.1 Å². The molecule has 3 aromatic heterocycles.